The monoisotopic (exact) mass is 334 g/mol. The first-order chi connectivity index (χ1) is 9.67. The molecule has 2 N–H and O–H groups in total. The van der Waals surface area contributed by atoms with Gasteiger partial charge in [0.15, 0.2) is 9.84 Å². The van der Waals surface area contributed by atoms with Gasteiger partial charge in [-0.1, -0.05) is 0 Å². The first kappa shape index (κ1) is 16.1. The van der Waals surface area contributed by atoms with Crippen molar-refractivity contribution in [1.29, 1.82) is 0 Å². The van der Waals surface area contributed by atoms with E-state index in [1.54, 1.807) is 6.92 Å². The summed E-state index contributed by atoms with van der Waals surface area (Å²) < 4.78 is 54.6. The molecule has 0 saturated carbocycles. The zero-order valence-electron chi connectivity index (χ0n) is 11.8. The Kier molecular flexibility index (Phi) is 4.18. The zero-order chi connectivity index (χ0) is 15.8. The lowest BCUT2D eigenvalue weighted by Gasteiger charge is -2.32. The topological polar surface area (TPSA) is 107 Å². The summed E-state index contributed by atoms with van der Waals surface area (Å²) >= 11 is 0. The zero-order valence-corrected chi connectivity index (χ0v) is 13.4. The second-order valence-corrected chi connectivity index (χ2v) is 9.10. The molecule has 1 heterocycles. The maximum Gasteiger partial charge on any atom is 0.243 e. The first-order valence-corrected chi connectivity index (χ1v) is 9.59. The number of sulfonamides is 1. The van der Waals surface area contributed by atoms with E-state index >= 15 is 0 Å². The van der Waals surface area contributed by atoms with E-state index < -0.39 is 25.9 Å². The molecule has 0 bridgehead atoms. The molecule has 21 heavy (non-hydrogen) atoms. The van der Waals surface area contributed by atoms with Crippen molar-refractivity contribution >= 4 is 25.5 Å². The van der Waals surface area contributed by atoms with Gasteiger partial charge in [0.25, 0.3) is 0 Å². The third kappa shape index (κ3) is 3.14. The van der Waals surface area contributed by atoms with Crippen molar-refractivity contribution in [1.82, 2.24) is 4.31 Å². The Labute approximate surface area is 124 Å². The minimum absolute atomic E-state index is 0.0414. The number of ether oxygens (including phenoxy) is 1. The number of benzene rings is 1. The number of nitrogen functional groups attached to an aromatic ring is 1. The Balaban J connectivity index is 2.39. The summed E-state index contributed by atoms with van der Waals surface area (Å²) in [6.45, 7) is 1.54. The number of sulfone groups is 1. The molecule has 0 amide bonds. The van der Waals surface area contributed by atoms with Gasteiger partial charge in [0, 0.05) is 18.7 Å². The van der Waals surface area contributed by atoms with Gasteiger partial charge < -0.3 is 10.5 Å². The van der Waals surface area contributed by atoms with E-state index in [0.717, 1.165) is 0 Å². The van der Waals surface area contributed by atoms with Crippen molar-refractivity contribution in [3.8, 4) is 5.75 Å². The van der Waals surface area contributed by atoms with Crippen LogP contribution in [0.1, 0.15) is 6.92 Å². The fraction of sp³-hybridized carbons (Fsp3) is 0.500. The Morgan fingerprint density at radius 1 is 1.38 bits per heavy atom. The Morgan fingerprint density at radius 2 is 2.05 bits per heavy atom. The Bertz CT molecular complexity index is 743. The molecule has 118 valence electrons. The quantitative estimate of drug-likeness (QED) is 0.785. The Morgan fingerprint density at radius 3 is 2.62 bits per heavy atom. The van der Waals surface area contributed by atoms with Gasteiger partial charge in [0.2, 0.25) is 10.0 Å². The average molecular weight is 334 g/mol. The number of hydrogen-bond acceptors (Lipinski definition) is 6. The van der Waals surface area contributed by atoms with Crippen molar-refractivity contribution < 1.29 is 21.6 Å². The highest BCUT2D eigenvalue weighted by atomic mass is 32.2. The maximum absolute atomic E-state index is 12.6. The van der Waals surface area contributed by atoms with Gasteiger partial charge in [-0.05, 0) is 19.1 Å². The van der Waals surface area contributed by atoms with Crippen LogP contribution < -0.4 is 10.5 Å². The molecule has 1 aromatic rings. The summed E-state index contributed by atoms with van der Waals surface area (Å²) in [6, 6.07) is 3.60. The summed E-state index contributed by atoms with van der Waals surface area (Å²) in [5, 5.41) is 0. The van der Waals surface area contributed by atoms with Crippen molar-refractivity contribution in [2.24, 2.45) is 0 Å². The molecular weight excluding hydrogens is 316 g/mol. The van der Waals surface area contributed by atoms with Gasteiger partial charge in [0.1, 0.15) is 5.75 Å². The van der Waals surface area contributed by atoms with Crippen LogP contribution in [0, 0.1) is 0 Å². The van der Waals surface area contributed by atoms with Crippen LogP contribution in [-0.4, -0.2) is 52.3 Å². The van der Waals surface area contributed by atoms with Gasteiger partial charge in [-0.25, -0.2) is 16.8 Å². The smallest absolute Gasteiger partial charge is 0.243 e. The molecule has 1 unspecified atom stereocenters. The Hall–Kier alpha value is -1.32. The summed E-state index contributed by atoms with van der Waals surface area (Å²) in [6.07, 6.45) is 0. The van der Waals surface area contributed by atoms with E-state index in [2.05, 4.69) is 0 Å². The molecule has 9 heteroatoms. The van der Waals surface area contributed by atoms with Gasteiger partial charge in [0.05, 0.1) is 29.2 Å². The fourth-order valence-electron chi connectivity index (χ4n) is 2.33. The van der Waals surface area contributed by atoms with Crippen LogP contribution >= 0.6 is 0 Å². The van der Waals surface area contributed by atoms with E-state index in [9.17, 15) is 16.8 Å². The average Bonchev–Trinajstić information content (AvgIpc) is 2.37. The highest BCUT2D eigenvalue weighted by Gasteiger charge is 2.36. The van der Waals surface area contributed by atoms with Crippen LogP contribution in [0.2, 0.25) is 0 Å². The van der Waals surface area contributed by atoms with Crippen LogP contribution in [-0.2, 0) is 19.9 Å². The molecule has 2 rings (SSSR count). The summed E-state index contributed by atoms with van der Waals surface area (Å²) in [4.78, 5) is 0.0414. The molecule has 1 aliphatic heterocycles. The SMILES string of the molecule is COc1cc(S(=O)(=O)N2CCS(=O)(=O)CC2C)ccc1N. The van der Waals surface area contributed by atoms with E-state index in [0.29, 0.717) is 5.69 Å². The molecule has 1 aromatic carbocycles. The molecule has 1 fully saturated rings. The van der Waals surface area contributed by atoms with E-state index in [4.69, 9.17) is 10.5 Å². The van der Waals surface area contributed by atoms with Crippen LogP contribution in [0.25, 0.3) is 0 Å². The van der Waals surface area contributed by atoms with Gasteiger partial charge in [-0.3, -0.25) is 0 Å². The van der Waals surface area contributed by atoms with Crippen LogP contribution in [0.5, 0.6) is 5.75 Å². The number of hydrogen-bond donors (Lipinski definition) is 1. The predicted molar refractivity (Wildman–Crippen MR) is 79.4 cm³/mol. The summed E-state index contributed by atoms with van der Waals surface area (Å²) in [5.41, 5.74) is 6.01. The second kappa shape index (κ2) is 5.47. The molecule has 0 spiro atoms. The van der Waals surface area contributed by atoms with Gasteiger partial charge in [-0.2, -0.15) is 4.31 Å². The largest absolute Gasteiger partial charge is 0.495 e. The lowest BCUT2D eigenvalue weighted by Crippen LogP contribution is -2.49. The molecule has 0 radical (unpaired) electrons. The number of anilines is 1. The highest BCUT2D eigenvalue weighted by Crippen LogP contribution is 2.28. The number of methoxy groups -OCH3 is 1. The van der Waals surface area contributed by atoms with Crippen LogP contribution in [0.15, 0.2) is 23.1 Å². The molecule has 0 aliphatic carbocycles. The lowest BCUT2D eigenvalue weighted by molar-refractivity contribution is 0.356. The highest BCUT2D eigenvalue weighted by molar-refractivity contribution is 7.92. The second-order valence-electron chi connectivity index (χ2n) is 4.98. The van der Waals surface area contributed by atoms with Gasteiger partial charge >= 0.3 is 0 Å². The van der Waals surface area contributed by atoms with Crippen molar-refractivity contribution in [2.45, 2.75) is 17.9 Å². The number of nitrogens with zero attached hydrogens (tertiary/aromatic N) is 1. The third-order valence-electron chi connectivity index (χ3n) is 3.42. The molecule has 1 atom stereocenters. The lowest BCUT2D eigenvalue weighted by atomic mass is 10.3. The molecule has 0 aromatic heterocycles. The van der Waals surface area contributed by atoms with Crippen molar-refractivity contribution in [2.75, 3.05) is 30.9 Å². The molecule has 1 saturated heterocycles. The van der Waals surface area contributed by atoms with Crippen molar-refractivity contribution in [3.05, 3.63) is 18.2 Å². The molecular formula is C12H18N2O5S2. The summed E-state index contributed by atoms with van der Waals surface area (Å²) in [7, 11) is -5.55. The van der Waals surface area contributed by atoms with Crippen LogP contribution in [0.4, 0.5) is 5.69 Å². The van der Waals surface area contributed by atoms with E-state index in [1.165, 1.54) is 29.6 Å². The van der Waals surface area contributed by atoms with E-state index in [-0.39, 0.29) is 28.7 Å². The molecule has 1 aliphatic rings. The van der Waals surface area contributed by atoms with Gasteiger partial charge in [-0.15, -0.1) is 0 Å². The fourth-order valence-corrected chi connectivity index (χ4v) is 5.74. The first-order valence-electron chi connectivity index (χ1n) is 6.33. The summed E-state index contributed by atoms with van der Waals surface area (Å²) in [5.74, 6) is -0.0607. The van der Waals surface area contributed by atoms with Crippen LogP contribution in [0.3, 0.4) is 0 Å². The minimum Gasteiger partial charge on any atom is -0.495 e. The minimum atomic E-state index is -3.78. The standard InChI is InChI=1S/C12H18N2O5S2/c1-9-8-20(15,16)6-5-14(9)21(17,18)10-3-4-11(13)12(7-10)19-2/h3-4,7,9H,5-6,8,13H2,1-2H3. The third-order valence-corrected chi connectivity index (χ3v) is 7.23. The van der Waals surface area contributed by atoms with E-state index in [1.807, 2.05) is 0 Å². The van der Waals surface area contributed by atoms with Crippen molar-refractivity contribution in [3.63, 3.8) is 0 Å². The maximum atomic E-state index is 12.6. The number of rotatable bonds is 3. The predicted octanol–water partition coefficient (Wildman–Crippen LogP) is 0.0850. The number of nitrogens with two attached hydrogens (primary N) is 1. The molecule has 7 nitrogen and oxygen atoms in total. The normalized spacial score (nSPS) is 22.9.